The van der Waals surface area contributed by atoms with Gasteiger partial charge in [-0.25, -0.2) is 14.6 Å². The van der Waals surface area contributed by atoms with Crippen molar-refractivity contribution in [3.8, 4) is 22.3 Å². The molecule has 0 aliphatic carbocycles. The van der Waals surface area contributed by atoms with Crippen LogP contribution in [-0.2, 0) is 21.1 Å². The predicted molar refractivity (Wildman–Crippen MR) is 235 cm³/mol. The van der Waals surface area contributed by atoms with Crippen LogP contribution in [0.4, 0.5) is 0 Å². The fraction of sp³-hybridized carbons (Fsp3) is 0.212. The van der Waals surface area contributed by atoms with Gasteiger partial charge >= 0.3 is 5.97 Å². The van der Waals surface area contributed by atoms with E-state index in [0.29, 0.717) is 12.2 Å². The van der Waals surface area contributed by atoms with E-state index in [4.69, 9.17) is 14.5 Å². The van der Waals surface area contributed by atoms with Crippen molar-refractivity contribution in [1.29, 1.82) is 0 Å². The maximum absolute atomic E-state index is 12.6. The van der Waals surface area contributed by atoms with Crippen LogP contribution >= 0.6 is 0 Å². The van der Waals surface area contributed by atoms with E-state index < -0.39 is 0 Å². The molecule has 0 spiro atoms. The molecule has 8 rings (SSSR count). The van der Waals surface area contributed by atoms with Gasteiger partial charge in [0.2, 0.25) is 0 Å². The van der Waals surface area contributed by atoms with Gasteiger partial charge in [0.05, 0.1) is 19.8 Å². The van der Waals surface area contributed by atoms with E-state index in [1.165, 1.54) is 80.3 Å². The highest BCUT2D eigenvalue weighted by Crippen LogP contribution is 2.43. The molecule has 0 fully saturated rings. The zero-order valence-electron chi connectivity index (χ0n) is 34.2. The second-order valence-corrected chi connectivity index (χ2v) is 15.2. The molecular formula is C52H50O4. The fourth-order valence-corrected chi connectivity index (χ4v) is 8.38. The lowest BCUT2D eigenvalue weighted by atomic mass is 9.84. The molecule has 0 heterocycles. The molecule has 0 aromatic heterocycles. The molecule has 8 aromatic rings. The van der Waals surface area contributed by atoms with Gasteiger partial charge in [-0.05, 0) is 172 Å². The minimum Gasteiger partial charge on any atom is -0.465 e. The van der Waals surface area contributed by atoms with E-state index in [2.05, 4.69) is 121 Å². The average molecular weight is 739 g/mol. The van der Waals surface area contributed by atoms with Crippen molar-refractivity contribution in [2.24, 2.45) is 0 Å². The van der Waals surface area contributed by atoms with Crippen molar-refractivity contribution in [2.75, 3.05) is 14.2 Å². The summed E-state index contributed by atoms with van der Waals surface area (Å²) in [4.78, 5) is 22.7. The van der Waals surface area contributed by atoms with E-state index in [-0.39, 0.29) is 5.97 Å². The van der Waals surface area contributed by atoms with Crippen LogP contribution in [0.5, 0.6) is 0 Å². The van der Waals surface area contributed by atoms with E-state index in [1.807, 2.05) is 43.3 Å². The number of fused-ring (bicyclic) bond motifs is 4. The minimum atomic E-state index is -0.333. The standard InChI is InChI=1S/C26H24O4.C26H26/c1-16-20(15-30-29-4)13-18-9-5-7-11-21(18)24(16)25-17(2)23(26(27)28-3)14-19-10-6-8-12-22(19)25;1-15-7-9-23-21(11-15)13-17(3)19(5)25(23)26-20(6)18(4)14-22-12-16(2)8-10-24(22)26/h5-14H,15H2,1-4H3;7-14H,1-6H3. The van der Waals surface area contributed by atoms with E-state index >= 15 is 0 Å². The molecule has 0 bridgehead atoms. The summed E-state index contributed by atoms with van der Waals surface area (Å²) in [6, 6.07) is 38.8. The predicted octanol–water partition coefficient (Wildman–Crippen LogP) is 13.7. The summed E-state index contributed by atoms with van der Waals surface area (Å²) < 4.78 is 5.08. The summed E-state index contributed by atoms with van der Waals surface area (Å²) in [5.41, 5.74) is 16.7. The number of benzene rings is 8. The third-order valence-electron chi connectivity index (χ3n) is 11.6. The average Bonchev–Trinajstić information content (AvgIpc) is 3.19. The lowest BCUT2D eigenvalue weighted by Crippen LogP contribution is -2.06. The molecule has 0 unspecified atom stereocenters. The van der Waals surface area contributed by atoms with Crippen LogP contribution in [0.25, 0.3) is 65.3 Å². The molecular weight excluding hydrogens is 689 g/mol. The van der Waals surface area contributed by atoms with E-state index in [0.717, 1.165) is 49.4 Å². The number of carbonyl (C=O) groups is 1. The highest BCUT2D eigenvalue weighted by Gasteiger charge is 2.22. The quantitative estimate of drug-likeness (QED) is 0.0968. The third kappa shape index (κ3) is 6.96. The first-order chi connectivity index (χ1) is 26.9. The van der Waals surface area contributed by atoms with E-state index in [9.17, 15) is 4.79 Å². The molecule has 0 atom stereocenters. The Morgan fingerprint density at radius 1 is 0.464 bits per heavy atom. The number of hydrogen-bond acceptors (Lipinski definition) is 4. The molecule has 0 amide bonds. The summed E-state index contributed by atoms with van der Waals surface area (Å²) >= 11 is 0. The number of rotatable bonds is 6. The normalized spacial score (nSPS) is 11.3. The van der Waals surface area contributed by atoms with Crippen molar-refractivity contribution < 1.29 is 19.3 Å². The second kappa shape index (κ2) is 15.7. The SMILES string of the molecule is COOCc1cc2ccccc2c(-c2c(C)c(C(=O)OC)cc3ccccc23)c1C.Cc1ccc2c(-c3c(C)c(C)cc4cc(C)ccc34)c(C)c(C)cc2c1. The third-order valence-corrected chi connectivity index (χ3v) is 11.6. The molecule has 0 saturated carbocycles. The summed E-state index contributed by atoms with van der Waals surface area (Å²) in [5.74, 6) is -0.333. The van der Waals surface area contributed by atoms with Gasteiger partial charge in [0.25, 0.3) is 0 Å². The highest BCUT2D eigenvalue weighted by molar-refractivity contribution is 6.12. The molecule has 0 N–H and O–H groups in total. The lowest BCUT2D eigenvalue weighted by molar-refractivity contribution is -0.282. The lowest BCUT2D eigenvalue weighted by Gasteiger charge is -2.20. The zero-order valence-corrected chi connectivity index (χ0v) is 34.2. The van der Waals surface area contributed by atoms with Crippen molar-refractivity contribution in [3.63, 3.8) is 0 Å². The molecule has 0 aliphatic rings. The van der Waals surface area contributed by atoms with Crippen molar-refractivity contribution >= 4 is 49.1 Å². The van der Waals surface area contributed by atoms with Gasteiger partial charge in [-0.2, -0.15) is 0 Å². The number of hydrogen-bond donors (Lipinski definition) is 0. The Balaban J connectivity index is 0.000000173. The Labute approximate surface area is 330 Å². The van der Waals surface area contributed by atoms with Gasteiger partial charge in [-0.1, -0.05) is 108 Å². The maximum atomic E-state index is 12.6. The Hall–Kier alpha value is -5.81. The van der Waals surface area contributed by atoms with Crippen LogP contribution in [0.3, 0.4) is 0 Å². The summed E-state index contributed by atoms with van der Waals surface area (Å²) in [6.07, 6.45) is 0. The Morgan fingerprint density at radius 3 is 1.41 bits per heavy atom. The second-order valence-electron chi connectivity index (χ2n) is 15.2. The van der Waals surface area contributed by atoms with Crippen LogP contribution in [-0.4, -0.2) is 20.2 Å². The fourth-order valence-electron chi connectivity index (χ4n) is 8.38. The molecule has 0 radical (unpaired) electrons. The zero-order chi connectivity index (χ0) is 39.8. The number of ether oxygens (including phenoxy) is 1. The molecule has 8 aromatic carbocycles. The molecule has 56 heavy (non-hydrogen) atoms. The first-order valence-electron chi connectivity index (χ1n) is 19.2. The highest BCUT2D eigenvalue weighted by atomic mass is 17.2. The monoisotopic (exact) mass is 738 g/mol. The van der Waals surface area contributed by atoms with Crippen LogP contribution in [0.15, 0.2) is 109 Å². The summed E-state index contributed by atoms with van der Waals surface area (Å²) in [7, 11) is 2.93. The van der Waals surface area contributed by atoms with Crippen molar-refractivity contribution in [3.05, 3.63) is 165 Å². The number of esters is 1. The van der Waals surface area contributed by atoms with Crippen LogP contribution in [0, 0.1) is 55.4 Å². The van der Waals surface area contributed by atoms with Crippen LogP contribution in [0.2, 0.25) is 0 Å². The Bertz CT molecular complexity index is 2730. The molecule has 0 aliphatic heterocycles. The van der Waals surface area contributed by atoms with Gasteiger partial charge in [-0.15, -0.1) is 0 Å². The Morgan fingerprint density at radius 2 is 0.911 bits per heavy atom. The molecule has 4 nitrogen and oxygen atoms in total. The number of carbonyl (C=O) groups excluding carboxylic acids is 1. The van der Waals surface area contributed by atoms with Gasteiger partial charge in [-0.3, -0.25) is 0 Å². The summed E-state index contributed by atoms with van der Waals surface area (Å²) in [6.45, 7) is 17.8. The maximum Gasteiger partial charge on any atom is 0.338 e. The van der Waals surface area contributed by atoms with Crippen molar-refractivity contribution in [1.82, 2.24) is 0 Å². The summed E-state index contributed by atoms with van der Waals surface area (Å²) in [5, 5.41) is 9.73. The molecule has 282 valence electrons. The van der Waals surface area contributed by atoms with Crippen molar-refractivity contribution in [2.45, 2.75) is 62.0 Å². The number of methoxy groups -OCH3 is 1. The van der Waals surface area contributed by atoms with Crippen LogP contribution < -0.4 is 0 Å². The smallest absolute Gasteiger partial charge is 0.338 e. The largest absolute Gasteiger partial charge is 0.465 e. The Kier molecular flexibility index (Phi) is 10.8. The first-order valence-corrected chi connectivity index (χ1v) is 19.2. The van der Waals surface area contributed by atoms with Gasteiger partial charge in [0, 0.05) is 0 Å². The molecule has 4 heteroatoms. The minimum absolute atomic E-state index is 0.333. The van der Waals surface area contributed by atoms with Gasteiger partial charge in [0.15, 0.2) is 0 Å². The van der Waals surface area contributed by atoms with Gasteiger partial charge < -0.3 is 4.74 Å². The van der Waals surface area contributed by atoms with Gasteiger partial charge in [0.1, 0.15) is 6.61 Å². The molecule has 0 saturated heterocycles. The van der Waals surface area contributed by atoms with Crippen LogP contribution in [0.1, 0.15) is 60.4 Å². The topological polar surface area (TPSA) is 44.8 Å². The van der Waals surface area contributed by atoms with E-state index in [1.54, 1.807) is 0 Å². The number of aryl methyl sites for hydroxylation is 4. The first kappa shape index (κ1) is 38.5.